The van der Waals surface area contributed by atoms with Gasteiger partial charge in [0, 0.05) is 16.1 Å². The number of halogens is 4. The summed E-state index contributed by atoms with van der Waals surface area (Å²) in [7, 11) is 1.17. The van der Waals surface area contributed by atoms with Crippen molar-refractivity contribution in [3.8, 4) is 0 Å². The second-order valence-electron chi connectivity index (χ2n) is 4.44. The number of amides is 1. The minimum atomic E-state index is -4.50. The number of hydrogen-bond donors (Lipinski definition) is 1. The van der Waals surface area contributed by atoms with Gasteiger partial charge in [-0.25, -0.2) is 4.79 Å². The van der Waals surface area contributed by atoms with Crippen LogP contribution >= 0.6 is 27.7 Å². The quantitative estimate of drug-likeness (QED) is 0.342. The minimum Gasteiger partial charge on any atom is -0.466 e. The highest BCUT2D eigenvalue weighted by Gasteiger charge is 2.33. The van der Waals surface area contributed by atoms with Crippen LogP contribution in [0.1, 0.15) is 11.1 Å². The average Bonchev–Trinajstić information content (AvgIpc) is 2.87. The number of ether oxygens (including phenoxy) is 1. The largest absolute Gasteiger partial charge is 0.466 e. The van der Waals surface area contributed by atoms with Crippen LogP contribution in [0.15, 0.2) is 43.9 Å². The highest BCUT2D eigenvalue weighted by Crippen LogP contribution is 2.36. The standard InChI is InChI=1S/C14H9BrF3N3O3S/c1-24-10(22)5-9-12(23)20-13(25-9)21-19-6-7-3-2-4-8(11(7)15)14(16,17)18/h2-6H,1H3,(H,20,21,23)/b9-5+,19-6?. The summed E-state index contributed by atoms with van der Waals surface area (Å²) in [4.78, 5) is 22.8. The van der Waals surface area contributed by atoms with Crippen molar-refractivity contribution in [3.05, 3.63) is 44.8 Å². The molecule has 0 unspecified atom stereocenters. The lowest BCUT2D eigenvalue weighted by Gasteiger charge is -2.10. The number of rotatable bonds is 3. The molecule has 0 saturated carbocycles. The monoisotopic (exact) mass is 435 g/mol. The lowest BCUT2D eigenvalue weighted by Crippen LogP contribution is -2.19. The number of carbonyl (C=O) groups excluding carboxylic acids is 2. The van der Waals surface area contributed by atoms with Crippen LogP contribution in [0.5, 0.6) is 0 Å². The third kappa shape index (κ3) is 4.92. The maximum atomic E-state index is 12.8. The molecule has 1 aliphatic heterocycles. The van der Waals surface area contributed by atoms with Gasteiger partial charge in [0.05, 0.1) is 23.8 Å². The van der Waals surface area contributed by atoms with Crippen LogP contribution in [0.3, 0.4) is 0 Å². The van der Waals surface area contributed by atoms with Crippen LogP contribution in [0.4, 0.5) is 13.2 Å². The third-order valence-corrected chi connectivity index (χ3v) is 4.57. The maximum absolute atomic E-state index is 12.8. The fraction of sp³-hybridized carbons (Fsp3) is 0.143. The van der Waals surface area contributed by atoms with Crippen LogP contribution in [0.2, 0.25) is 0 Å². The summed E-state index contributed by atoms with van der Waals surface area (Å²) in [6.45, 7) is 0. The highest BCUT2D eigenvalue weighted by atomic mass is 79.9. The summed E-state index contributed by atoms with van der Waals surface area (Å²) in [6.07, 6.45) is -2.39. The van der Waals surface area contributed by atoms with Gasteiger partial charge in [-0.3, -0.25) is 10.1 Å². The highest BCUT2D eigenvalue weighted by molar-refractivity contribution is 9.10. The van der Waals surface area contributed by atoms with Gasteiger partial charge in [-0.1, -0.05) is 12.1 Å². The summed E-state index contributed by atoms with van der Waals surface area (Å²) in [6, 6.07) is 3.60. The number of methoxy groups -OCH3 is 1. The molecule has 1 fully saturated rings. The number of hydrogen-bond acceptors (Lipinski definition) is 6. The van der Waals surface area contributed by atoms with Crippen LogP contribution in [-0.2, 0) is 20.5 Å². The number of alkyl halides is 3. The summed E-state index contributed by atoms with van der Waals surface area (Å²) in [5, 5.41) is 9.82. The molecule has 0 aromatic heterocycles. The number of nitrogens with zero attached hydrogens (tertiary/aromatic N) is 2. The molecule has 0 spiro atoms. The van der Waals surface area contributed by atoms with Gasteiger partial charge in [-0.15, -0.1) is 5.10 Å². The molecule has 1 saturated heterocycles. The van der Waals surface area contributed by atoms with E-state index in [1.807, 2.05) is 0 Å². The number of carbonyl (C=O) groups is 2. The van der Waals surface area contributed by atoms with Gasteiger partial charge in [0.15, 0.2) is 5.17 Å². The zero-order valence-corrected chi connectivity index (χ0v) is 14.8. The Hall–Kier alpha value is -2.14. The summed E-state index contributed by atoms with van der Waals surface area (Å²) in [5.74, 6) is -1.25. The van der Waals surface area contributed by atoms with E-state index in [1.165, 1.54) is 19.2 Å². The van der Waals surface area contributed by atoms with E-state index in [0.29, 0.717) is 0 Å². The Morgan fingerprint density at radius 3 is 2.76 bits per heavy atom. The third-order valence-electron chi connectivity index (χ3n) is 2.78. The first kappa shape index (κ1) is 19.2. The molecule has 1 heterocycles. The number of amidine groups is 1. The van der Waals surface area contributed by atoms with Gasteiger partial charge in [0.2, 0.25) is 0 Å². The summed E-state index contributed by atoms with van der Waals surface area (Å²) >= 11 is 3.74. The van der Waals surface area contributed by atoms with Gasteiger partial charge in [-0.2, -0.15) is 18.3 Å². The van der Waals surface area contributed by atoms with Gasteiger partial charge >= 0.3 is 12.1 Å². The second kappa shape index (κ2) is 7.83. The molecule has 0 radical (unpaired) electrons. The number of nitrogens with one attached hydrogen (secondary N) is 1. The van der Waals surface area contributed by atoms with Gasteiger partial charge in [0.1, 0.15) is 0 Å². The van der Waals surface area contributed by atoms with E-state index in [4.69, 9.17) is 0 Å². The Morgan fingerprint density at radius 1 is 1.40 bits per heavy atom. The van der Waals surface area contributed by atoms with Crippen molar-refractivity contribution < 1.29 is 27.5 Å². The first-order chi connectivity index (χ1) is 11.7. The van der Waals surface area contributed by atoms with Gasteiger partial charge in [0.25, 0.3) is 5.91 Å². The fourth-order valence-electron chi connectivity index (χ4n) is 1.65. The molecule has 25 heavy (non-hydrogen) atoms. The van der Waals surface area contributed by atoms with Crippen LogP contribution in [0.25, 0.3) is 0 Å². The molecule has 0 bridgehead atoms. The lowest BCUT2D eigenvalue weighted by molar-refractivity contribution is -0.138. The van der Waals surface area contributed by atoms with Crippen molar-refractivity contribution in [1.29, 1.82) is 0 Å². The molecule has 132 valence electrons. The summed E-state index contributed by atoms with van der Waals surface area (Å²) < 4.78 is 42.7. The SMILES string of the molecule is COC(=O)/C=C1/S/C(=N\N=Cc2cccc(C(F)(F)F)c2Br)NC1=O. The topological polar surface area (TPSA) is 80.1 Å². The Kier molecular flexibility index (Phi) is 6.01. The molecule has 11 heteroatoms. The predicted octanol–water partition coefficient (Wildman–Crippen LogP) is 3.08. The predicted molar refractivity (Wildman–Crippen MR) is 90.0 cm³/mol. The van der Waals surface area contributed by atoms with Crippen LogP contribution in [0, 0.1) is 0 Å². The van der Waals surface area contributed by atoms with E-state index in [0.717, 1.165) is 30.1 Å². The molecule has 1 amide bonds. The first-order valence-electron chi connectivity index (χ1n) is 6.48. The molecule has 6 nitrogen and oxygen atoms in total. The minimum absolute atomic E-state index is 0.0704. The molecular formula is C14H9BrF3N3O3S. The Bertz CT molecular complexity index is 806. The van der Waals surface area contributed by atoms with E-state index in [2.05, 4.69) is 36.2 Å². The lowest BCUT2D eigenvalue weighted by atomic mass is 10.1. The van der Waals surface area contributed by atoms with E-state index >= 15 is 0 Å². The van der Waals surface area contributed by atoms with E-state index < -0.39 is 23.6 Å². The van der Waals surface area contributed by atoms with E-state index in [-0.39, 0.29) is 20.1 Å². The normalized spacial score (nSPS) is 18.2. The number of thioether (sulfide) groups is 1. The van der Waals surface area contributed by atoms with Crippen LogP contribution in [-0.4, -0.2) is 30.4 Å². The zero-order valence-electron chi connectivity index (χ0n) is 12.4. The molecule has 1 N–H and O–H groups in total. The first-order valence-corrected chi connectivity index (χ1v) is 8.09. The van der Waals surface area contributed by atoms with Gasteiger partial charge < -0.3 is 4.74 Å². The van der Waals surface area contributed by atoms with Gasteiger partial charge in [-0.05, 0) is 33.8 Å². The molecule has 0 atom stereocenters. The molecule has 1 aliphatic rings. The molecule has 1 aromatic carbocycles. The Morgan fingerprint density at radius 2 is 2.12 bits per heavy atom. The molecule has 1 aromatic rings. The second-order valence-corrected chi connectivity index (χ2v) is 6.27. The number of esters is 1. The van der Waals surface area contributed by atoms with Crippen LogP contribution < -0.4 is 5.32 Å². The van der Waals surface area contributed by atoms with Crippen molar-refractivity contribution in [1.82, 2.24) is 5.32 Å². The van der Waals surface area contributed by atoms with Crippen molar-refractivity contribution in [2.24, 2.45) is 10.2 Å². The van der Waals surface area contributed by atoms with Crippen molar-refractivity contribution in [2.45, 2.75) is 6.18 Å². The van der Waals surface area contributed by atoms with E-state index in [1.54, 1.807) is 0 Å². The zero-order chi connectivity index (χ0) is 18.6. The molecule has 0 aliphatic carbocycles. The Balaban J connectivity index is 2.17. The molecular weight excluding hydrogens is 427 g/mol. The summed E-state index contributed by atoms with van der Waals surface area (Å²) in [5.41, 5.74) is -0.672. The fourth-order valence-corrected chi connectivity index (χ4v) is 2.98. The molecule has 2 rings (SSSR count). The van der Waals surface area contributed by atoms with E-state index in [9.17, 15) is 22.8 Å². The Labute approximate surface area is 152 Å². The average molecular weight is 436 g/mol. The van der Waals surface area contributed by atoms with Crippen molar-refractivity contribution in [2.75, 3.05) is 7.11 Å². The maximum Gasteiger partial charge on any atom is 0.417 e. The van der Waals surface area contributed by atoms with Crippen molar-refractivity contribution >= 4 is 51.0 Å². The number of benzene rings is 1. The van der Waals surface area contributed by atoms with Crippen molar-refractivity contribution in [3.63, 3.8) is 0 Å². The smallest absolute Gasteiger partial charge is 0.417 e.